The maximum absolute atomic E-state index is 9.67. The molecule has 0 spiro atoms. The molecular weight excluding hydrogens is 186 g/mol. The molecule has 0 aliphatic heterocycles. The van der Waals surface area contributed by atoms with Crippen LogP contribution in [0.3, 0.4) is 0 Å². The number of rotatable bonds is 2. The van der Waals surface area contributed by atoms with Crippen molar-refractivity contribution in [2.24, 2.45) is 0 Å². The van der Waals surface area contributed by atoms with Gasteiger partial charge in [0.2, 0.25) is 0 Å². The van der Waals surface area contributed by atoms with Crippen LogP contribution in [0.25, 0.3) is 11.1 Å². The van der Waals surface area contributed by atoms with E-state index in [4.69, 9.17) is 0 Å². The van der Waals surface area contributed by atoms with Gasteiger partial charge in [-0.1, -0.05) is 30.3 Å². The van der Waals surface area contributed by atoms with Gasteiger partial charge in [-0.05, 0) is 23.8 Å². The molecule has 15 heavy (non-hydrogen) atoms. The van der Waals surface area contributed by atoms with Gasteiger partial charge >= 0.3 is 0 Å². The summed E-state index contributed by atoms with van der Waals surface area (Å²) >= 11 is 0. The molecule has 0 aliphatic carbocycles. The van der Waals surface area contributed by atoms with Gasteiger partial charge in [-0.25, -0.2) is 0 Å². The maximum Gasteiger partial charge on any atom is 0.123 e. The van der Waals surface area contributed by atoms with E-state index in [2.05, 4.69) is 5.32 Å². The highest BCUT2D eigenvalue weighted by Gasteiger charge is 2.01. The van der Waals surface area contributed by atoms with Crippen LogP contribution in [-0.2, 0) is 0 Å². The number of anilines is 1. The molecule has 2 nitrogen and oxygen atoms in total. The predicted octanol–water partition coefficient (Wildman–Crippen LogP) is 3.10. The summed E-state index contributed by atoms with van der Waals surface area (Å²) < 4.78 is 0. The van der Waals surface area contributed by atoms with Crippen molar-refractivity contribution in [3.63, 3.8) is 0 Å². The molecule has 0 aliphatic rings. The van der Waals surface area contributed by atoms with Gasteiger partial charge in [0, 0.05) is 18.3 Å². The fourth-order valence-electron chi connectivity index (χ4n) is 1.53. The number of phenols is 1. The largest absolute Gasteiger partial charge is 0.507 e. The molecule has 0 bridgehead atoms. The van der Waals surface area contributed by atoms with Crippen molar-refractivity contribution in [1.82, 2.24) is 0 Å². The van der Waals surface area contributed by atoms with Gasteiger partial charge in [0.15, 0.2) is 0 Å². The molecule has 76 valence electrons. The van der Waals surface area contributed by atoms with Crippen molar-refractivity contribution in [1.29, 1.82) is 0 Å². The molecule has 0 aromatic heterocycles. The zero-order chi connectivity index (χ0) is 10.7. The topological polar surface area (TPSA) is 32.3 Å². The Labute approximate surface area is 89.2 Å². The summed E-state index contributed by atoms with van der Waals surface area (Å²) in [6.07, 6.45) is 0. The lowest BCUT2D eigenvalue weighted by Gasteiger charge is -2.05. The summed E-state index contributed by atoms with van der Waals surface area (Å²) in [5.74, 6) is 0.315. The van der Waals surface area contributed by atoms with Crippen molar-refractivity contribution in [3.8, 4) is 16.9 Å². The van der Waals surface area contributed by atoms with Crippen molar-refractivity contribution in [2.45, 2.75) is 0 Å². The minimum absolute atomic E-state index is 0.315. The van der Waals surface area contributed by atoms with Crippen molar-refractivity contribution < 1.29 is 5.11 Å². The first kappa shape index (κ1) is 9.59. The summed E-state index contributed by atoms with van der Waals surface area (Å²) in [4.78, 5) is 0. The Kier molecular flexibility index (Phi) is 2.59. The molecule has 2 aromatic rings. The van der Waals surface area contributed by atoms with E-state index in [-0.39, 0.29) is 0 Å². The third-order valence-electron chi connectivity index (χ3n) is 2.39. The Morgan fingerprint density at radius 2 is 1.60 bits per heavy atom. The first-order valence-electron chi connectivity index (χ1n) is 4.87. The number of para-hydroxylation sites is 1. The van der Waals surface area contributed by atoms with E-state index in [1.165, 1.54) is 0 Å². The molecule has 2 aromatic carbocycles. The highest BCUT2D eigenvalue weighted by atomic mass is 16.3. The van der Waals surface area contributed by atoms with Crippen LogP contribution in [0.1, 0.15) is 0 Å². The first-order chi connectivity index (χ1) is 7.31. The molecule has 0 radical (unpaired) electrons. The molecule has 0 unspecified atom stereocenters. The number of hydrogen-bond acceptors (Lipinski definition) is 2. The molecule has 2 heteroatoms. The van der Waals surface area contributed by atoms with Gasteiger partial charge < -0.3 is 10.4 Å². The molecule has 0 amide bonds. The molecule has 0 fully saturated rings. The van der Waals surface area contributed by atoms with Crippen LogP contribution in [0.4, 0.5) is 5.69 Å². The molecule has 0 heterocycles. The van der Waals surface area contributed by atoms with Gasteiger partial charge in [0.25, 0.3) is 0 Å². The van der Waals surface area contributed by atoms with Crippen molar-refractivity contribution in [3.05, 3.63) is 48.5 Å². The van der Waals surface area contributed by atoms with Gasteiger partial charge in [-0.15, -0.1) is 0 Å². The van der Waals surface area contributed by atoms with Gasteiger partial charge in [0.1, 0.15) is 5.75 Å². The fourth-order valence-corrected chi connectivity index (χ4v) is 1.53. The molecule has 0 saturated heterocycles. The summed E-state index contributed by atoms with van der Waals surface area (Å²) in [5.41, 5.74) is 2.95. The quantitative estimate of drug-likeness (QED) is 0.779. The van der Waals surface area contributed by atoms with E-state index in [0.717, 1.165) is 16.8 Å². The van der Waals surface area contributed by atoms with Crippen LogP contribution in [0.5, 0.6) is 5.75 Å². The van der Waals surface area contributed by atoms with Crippen LogP contribution in [0.15, 0.2) is 48.5 Å². The van der Waals surface area contributed by atoms with Gasteiger partial charge in [0.05, 0.1) is 0 Å². The predicted molar refractivity (Wildman–Crippen MR) is 63.1 cm³/mol. The van der Waals surface area contributed by atoms with Gasteiger partial charge in [-0.3, -0.25) is 0 Å². The smallest absolute Gasteiger partial charge is 0.123 e. The average molecular weight is 199 g/mol. The van der Waals surface area contributed by atoms with Crippen LogP contribution >= 0.6 is 0 Å². The second-order valence-corrected chi connectivity index (χ2v) is 3.34. The third kappa shape index (κ3) is 1.94. The monoisotopic (exact) mass is 199 g/mol. The van der Waals surface area contributed by atoms with E-state index < -0.39 is 0 Å². The lowest BCUT2D eigenvalue weighted by molar-refractivity contribution is 0.477. The van der Waals surface area contributed by atoms with Gasteiger partial charge in [-0.2, -0.15) is 0 Å². The SMILES string of the molecule is CNc1ccc(-c2ccccc2O)cc1. The molecule has 0 atom stereocenters. The summed E-state index contributed by atoms with van der Waals surface area (Å²) in [7, 11) is 1.88. The number of hydrogen-bond donors (Lipinski definition) is 2. The van der Waals surface area contributed by atoms with Crippen LogP contribution in [0, 0.1) is 0 Å². The fraction of sp³-hybridized carbons (Fsp3) is 0.0769. The number of benzene rings is 2. The highest BCUT2D eigenvalue weighted by molar-refractivity contribution is 5.71. The molecule has 2 N–H and O–H groups in total. The summed E-state index contributed by atoms with van der Waals surface area (Å²) in [6, 6.07) is 15.3. The second kappa shape index (κ2) is 4.05. The minimum atomic E-state index is 0.315. The van der Waals surface area contributed by atoms with Crippen LogP contribution < -0.4 is 5.32 Å². The van der Waals surface area contributed by atoms with E-state index in [0.29, 0.717) is 5.75 Å². The van der Waals surface area contributed by atoms with Crippen LogP contribution in [0.2, 0.25) is 0 Å². The Bertz CT molecular complexity index is 448. The lowest BCUT2D eigenvalue weighted by Crippen LogP contribution is -1.86. The Balaban J connectivity index is 2.42. The molecule has 2 rings (SSSR count). The van der Waals surface area contributed by atoms with E-state index in [1.54, 1.807) is 6.07 Å². The summed E-state index contributed by atoms with van der Waals surface area (Å²) in [5, 5.41) is 12.7. The van der Waals surface area contributed by atoms with Crippen molar-refractivity contribution >= 4 is 5.69 Å². The van der Waals surface area contributed by atoms with E-state index in [9.17, 15) is 5.11 Å². The van der Waals surface area contributed by atoms with E-state index in [1.807, 2.05) is 49.5 Å². The Morgan fingerprint density at radius 3 is 2.20 bits per heavy atom. The number of nitrogens with one attached hydrogen (secondary N) is 1. The standard InChI is InChI=1S/C13H13NO/c1-14-11-8-6-10(7-9-11)12-4-2-3-5-13(12)15/h2-9,14-15H,1H3. The maximum atomic E-state index is 9.67. The first-order valence-corrected chi connectivity index (χ1v) is 4.87. The normalized spacial score (nSPS) is 9.93. The molecule has 0 saturated carbocycles. The zero-order valence-electron chi connectivity index (χ0n) is 8.57. The highest BCUT2D eigenvalue weighted by Crippen LogP contribution is 2.29. The third-order valence-corrected chi connectivity index (χ3v) is 2.39. The van der Waals surface area contributed by atoms with E-state index >= 15 is 0 Å². The van der Waals surface area contributed by atoms with Crippen LogP contribution in [-0.4, -0.2) is 12.2 Å². The number of phenolic OH excluding ortho intramolecular Hbond substituents is 1. The Morgan fingerprint density at radius 1 is 0.933 bits per heavy atom. The van der Waals surface area contributed by atoms with Crippen molar-refractivity contribution in [2.75, 3.05) is 12.4 Å². The average Bonchev–Trinajstić information content (AvgIpc) is 2.30. The summed E-state index contributed by atoms with van der Waals surface area (Å²) in [6.45, 7) is 0. The second-order valence-electron chi connectivity index (χ2n) is 3.34. The Hall–Kier alpha value is -1.96. The lowest BCUT2D eigenvalue weighted by atomic mass is 10.0. The molecular formula is C13H13NO. The number of aromatic hydroxyl groups is 1. The zero-order valence-corrected chi connectivity index (χ0v) is 8.57. The minimum Gasteiger partial charge on any atom is -0.507 e.